The van der Waals surface area contributed by atoms with Crippen LogP contribution in [0.25, 0.3) is 0 Å². The maximum absolute atomic E-state index is 12.3. The molecule has 4 nitrogen and oxygen atoms in total. The van der Waals surface area contributed by atoms with Crippen molar-refractivity contribution in [2.24, 2.45) is 11.1 Å². The zero-order chi connectivity index (χ0) is 14.8. The predicted octanol–water partition coefficient (Wildman–Crippen LogP) is 1.69. The Morgan fingerprint density at radius 1 is 1.42 bits per heavy atom. The Morgan fingerprint density at radius 3 is 2.42 bits per heavy atom. The summed E-state index contributed by atoms with van der Waals surface area (Å²) in [7, 11) is 3.68. The fourth-order valence-corrected chi connectivity index (χ4v) is 3.29. The van der Waals surface area contributed by atoms with Gasteiger partial charge in [0.25, 0.3) is 0 Å². The zero-order valence-electron chi connectivity index (χ0n) is 13.4. The van der Waals surface area contributed by atoms with Crippen molar-refractivity contribution in [1.82, 2.24) is 9.80 Å². The first-order valence-corrected chi connectivity index (χ1v) is 7.42. The molecule has 0 saturated carbocycles. The smallest absolute Gasteiger partial charge is 0.239 e. The van der Waals surface area contributed by atoms with Gasteiger partial charge in [-0.05, 0) is 31.2 Å². The van der Waals surface area contributed by atoms with Crippen LogP contribution in [-0.2, 0) is 4.79 Å². The lowest BCUT2D eigenvalue weighted by molar-refractivity contribution is -0.135. The lowest BCUT2D eigenvalue weighted by Crippen LogP contribution is -2.58. The van der Waals surface area contributed by atoms with Crippen molar-refractivity contribution >= 4 is 5.91 Å². The van der Waals surface area contributed by atoms with Gasteiger partial charge in [-0.15, -0.1) is 0 Å². The minimum Gasteiger partial charge on any atom is -0.347 e. The van der Waals surface area contributed by atoms with Crippen LogP contribution >= 0.6 is 0 Å². The van der Waals surface area contributed by atoms with Gasteiger partial charge in [0.05, 0.1) is 6.04 Å². The van der Waals surface area contributed by atoms with Crippen LogP contribution in [0.3, 0.4) is 0 Å². The number of amides is 1. The molecule has 0 aromatic rings. The standard InChI is InChI=1S/C15H31N3O/c1-7-11(16)13(15(2,3)4)18-10-8-9-12(18)14(19)17(5)6/h11-13H,7-10,16H2,1-6H3. The monoisotopic (exact) mass is 269 g/mol. The molecule has 1 rings (SSSR count). The van der Waals surface area contributed by atoms with Gasteiger partial charge in [0.15, 0.2) is 0 Å². The molecular formula is C15H31N3O. The first-order chi connectivity index (χ1) is 8.70. The largest absolute Gasteiger partial charge is 0.347 e. The molecule has 1 aliphatic heterocycles. The van der Waals surface area contributed by atoms with E-state index in [1.807, 2.05) is 14.1 Å². The maximum atomic E-state index is 12.3. The van der Waals surface area contributed by atoms with Crippen LogP contribution in [0, 0.1) is 5.41 Å². The zero-order valence-corrected chi connectivity index (χ0v) is 13.4. The quantitative estimate of drug-likeness (QED) is 0.845. The lowest BCUT2D eigenvalue weighted by atomic mass is 9.80. The predicted molar refractivity (Wildman–Crippen MR) is 79.9 cm³/mol. The third-order valence-corrected chi connectivity index (χ3v) is 4.14. The van der Waals surface area contributed by atoms with Gasteiger partial charge in [-0.2, -0.15) is 0 Å². The summed E-state index contributed by atoms with van der Waals surface area (Å²) in [5.74, 6) is 0.218. The summed E-state index contributed by atoms with van der Waals surface area (Å²) in [6.07, 6.45) is 2.99. The molecule has 1 aliphatic rings. The van der Waals surface area contributed by atoms with E-state index in [0.717, 1.165) is 25.8 Å². The molecule has 0 aromatic heterocycles. The number of nitrogens with two attached hydrogens (primary N) is 1. The van der Waals surface area contributed by atoms with Crippen molar-refractivity contribution in [1.29, 1.82) is 0 Å². The molecule has 1 saturated heterocycles. The van der Waals surface area contributed by atoms with Crippen LogP contribution in [0.15, 0.2) is 0 Å². The number of hydrogen-bond acceptors (Lipinski definition) is 3. The molecule has 4 heteroatoms. The Balaban J connectivity index is 2.98. The van der Waals surface area contributed by atoms with Crippen LogP contribution in [0.4, 0.5) is 0 Å². The molecule has 0 radical (unpaired) electrons. The number of nitrogens with zero attached hydrogens (tertiary/aromatic N) is 2. The van der Waals surface area contributed by atoms with Crippen molar-refractivity contribution in [2.45, 2.75) is 65.1 Å². The molecule has 2 N–H and O–H groups in total. The van der Waals surface area contributed by atoms with Crippen molar-refractivity contribution < 1.29 is 4.79 Å². The molecule has 0 spiro atoms. The normalized spacial score (nSPS) is 24.3. The first kappa shape index (κ1) is 16.4. The number of rotatable bonds is 4. The van der Waals surface area contributed by atoms with Crippen LogP contribution < -0.4 is 5.73 Å². The fraction of sp³-hybridized carbons (Fsp3) is 0.933. The Hall–Kier alpha value is -0.610. The van der Waals surface area contributed by atoms with Gasteiger partial charge in [-0.3, -0.25) is 9.69 Å². The van der Waals surface area contributed by atoms with E-state index >= 15 is 0 Å². The number of likely N-dealkylation sites (N-methyl/N-ethyl adjacent to an activating group) is 1. The van der Waals surface area contributed by atoms with Crippen molar-refractivity contribution in [3.8, 4) is 0 Å². The minimum atomic E-state index is 0.0109. The van der Waals surface area contributed by atoms with Crippen LogP contribution in [0.1, 0.15) is 47.0 Å². The first-order valence-electron chi connectivity index (χ1n) is 7.42. The van der Waals surface area contributed by atoms with E-state index in [1.54, 1.807) is 4.90 Å². The van der Waals surface area contributed by atoms with Crippen LogP contribution in [0.2, 0.25) is 0 Å². The van der Waals surface area contributed by atoms with E-state index in [9.17, 15) is 4.79 Å². The number of likely N-dealkylation sites (tertiary alicyclic amines) is 1. The van der Waals surface area contributed by atoms with E-state index < -0.39 is 0 Å². The summed E-state index contributed by atoms with van der Waals surface area (Å²) in [6.45, 7) is 9.79. The highest BCUT2D eigenvalue weighted by Gasteiger charge is 2.42. The van der Waals surface area contributed by atoms with Gasteiger partial charge in [0.2, 0.25) is 5.91 Å². The van der Waals surface area contributed by atoms with Crippen LogP contribution in [0.5, 0.6) is 0 Å². The van der Waals surface area contributed by atoms with Gasteiger partial charge in [-0.25, -0.2) is 0 Å². The SMILES string of the molecule is CCC(N)C(N1CCCC1C(=O)N(C)C)C(C)(C)C. The summed E-state index contributed by atoms with van der Waals surface area (Å²) in [5, 5.41) is 0. The molecule has 19 heavy (non-hydrogen) atoms. The Kier molecular flexibility index (Phi) is 5.39. The second kappa shape index (κ2) is 6.23. The topological polar surface area (TPSA) is 49.6 Å². The number of carbonyl (C=O) groups is 1. The Bertz CT molecular complexity index is 309. The molecule has 0 aliphatic carbocycles. The highest BCUT2D eigenvalue weighted by atomic mass is 16.2. The third-order valence-electron chi connectivity index (χ3n) is 4.14. The maximum Gasteiger partial charge on any atom is 0.239 e. The molecule has 3 unspecified atom stereocenters. The average molecular weight is 269 g/mol. The van der Waals surface area contributed by atoms with Crippen LogP contribution in [-0.4, -0.2) is 54.5 Å². The van der Waals surface area contributed by atoms with Crippen molar-refractivity contribution in [3.63, 3.8) is 0 Å². The minimum absolute atomic E-state index is 0.0109. The van der Waals surface area contributed by atoms with E-state index in [1.165, 1.54) is 0 Å². The van der Waals surface area contributed by atoms with Gasteiger partial charge < -0.3 is 10.6 Å². The molecule has 0 bridgehead atoms. The third kappa shape index (κ3) is 3.69. The van der Waals surface area contributed by atoms with E-state index in [4.69, 9.17) is 5.73 Å². The fourth-order valence-electron chi connectivity index (χ4n) is 3.29. The second-order valence-corrected chi connectivity index (χ2v) is 7.01. The molecule has 1 fully saturated rings. The summed E-state index contributed by atoms with van der Waals surface area (Å²) in [4.78, 5) is 16.4. The number of carbonyl (C=O) groups excluding carboxylic acids is 1. The van der Waals surface area contributed by atoms with E-state index in [2.05, 4.69) is 32.6 Å². The van der Waals surface area contributed by atoms with Gasteiger partial charge in [0, 0.05) is 26.2 Å². The van der Waals surface area contributed by atoms with E-state index in [-0.39, 0.29) is 29.4 Å². The molecule has 0 aromatic carbocycles. The Labute approximate surface area is 118 Å². The molecule has 1 heterocycles. The van der Waals surface area contributed by atoms with Gasteiger partial charge in [-0.1, -0.05) is 27.7 Å². The molecular weight excluding hydrogens is 238 g/mol. The summed E-state index contributed by atoms with van der Waals surface area (Å²) in [5.41, 5.74) is 6.44. The average Bonchev–Trinajstić information content (AvgIpc) is 2.74. The Morgan fingerprint density at radius 2 is 2.00 bits per heavy atom. The molecule has 1 amide bonds. The van der Waals surface area contributed by atoms with Gasteiger partial charge >= 0.3 is 0 Å². The van der Waals surface area contributed by atoms with E-state index in [0.29, 0.717) is 0 Å². The van der Waals surface area contributed by atoms with Gasteiger partial charge in [0.1, 0.15) is 0 Å². The highest BCUT2D eigenvalue weighted by Crippen LogP contribution is 2.33. The van der Waals surface area contributed by atoms with Crippen molar-refractivity contribution in [2.75, 3.05) is 20.6 Å². The summed E-state index contributed by atoms with van der Waals surface area (Å²) in [6, 6.07) is 0.390. The van der Waals surface area contributed by atoms with Crippen molar-refractivity contribution in [3.05, 3.63) is 0 Å². The number of hydrogen-bond donors (Lipinski definition) is 1. The highest BCUT2D eigenvalue weighted by molar-refractivity contribution is 5.81. The second-order valence-electron chi connectivity index (χ2n) is 7.01. The lowest BCUT2D eigenvalue weighted by Gasteiger charge is -2.44. The molecule has 112 valence electrons. The summed E-state index contributed by atoms with van der Waals surface area (Å²) >= 11 is 0. The molecule has 3 atom stereocenters. The summed E-state index contributed by atoms with van der Waals surface area (Å²) < 4.78 is 0.